The van der Waals surface area contributed by atoms with Crippen LogP contribution in [0.25, 0.3) is 0 Å². The molecule has 8 heteroatoms. The Labute approximate surface area is 106 Å². The second-order valence-corrected chi connectivity index (χ2v) is 4.30. The van der Waals surface area contributed by atoms with Gasteiger partial charge in [0, 0.05) is 6.54 Å². The Morgan fingerprint density at radius 3 is 2.72 bits per heavy atom. The van der Waals surface area contributed by atoms with Crippen molar-refractivity contribution in [1.29, 1.82) is 0 Å². The summed E-state index contributed by atoms with van der Waals surface area (Å²) < 4.78 is 41.8. The SMILES string of the molecule is COc1ccsc1C(=O)N(CCO)CC(F)(F)F. The van der Waals surface area contributed by atoms with Crippen molar-refractivity contribution in [2.24, 2.45) is 0 Å². The lowest BCUT2D eigenvalue weighted by molar-refractivity contribution is -0.141. The molecule has 0 atom stereocenters. The number of rotatable bonds is 5. The van der Waals surface area contributed by atoms with Crippen LogP contribution in [0.2, 0.25) is 0 Å². The Morgan fingerprint density at radius 1 is 1.56 bits per heavy atom. The van der Waals surface area contributed by atoms with Crippen LogP contribution in [-0.2, 0) is 0 Å². The average molecular weight is 283 g/mol. The van der Waals surface area contributed by atoms with Crippen molar-refractivity contribution in [3.8, 4) is 5.75 Å². The number of ether oxygens (including phenoxy) is 1. The van der Waals surface area contributed by atoms with Crippen molar-refractivity contribution >= 4 is 17.2 Å². The van der Waals surface area contributed by atoms with Crippen molar-refractivity contribution in [3.63, 3.8) is 0 Å². The maximum absolute atomic E-state index is 12.3. The van der Waals surface area contributed by atoms with Gasteiger partial charge in [-0.2, -0.15) is 13.2 Å². The highest BCUT2D eigenvalue weighted by molar-refractivity contribution is 7.12. The van der Waals surface area contributed by atoms with E-state index in [1.165, 1.54) is 13.2 Å². The molecular weight excluding hydrogens is 271 g/mol. The van der Waals surface area contributed by atoms with Crippen LogP contribution >= 0.6 is 11.3 Å². The van der Waals surface area contributed by atoms with Crippen LogP contribution in [0.4, 0.5) is 13.2 Å². The van der Waals surface area contributed by atoms with Crippen LogP contribution < -0.4 is 4.74 Å². The molecule has 1 N–H and O–H groups in total. The molecule has 0 aromatic carbocycles. The fourth-order valence-corrected chi connectivity index (χ4v) is 2.17. The number of alkyl halides is 3. The van der Waals surface area contributed by atoms with Gasteiger partial charge in [-0.15, -0.1) is 11.3 Å². The summed E-state index contributed by atoms with van der Waals surface area (Å²) in [4.78, 5) is 12.5. The second kappa shape index (κ2) is 6.05. The number of carbonyl (C=O) groups is 1. The summed E-state index contributed by atoms with van der Waals surface area (Å²) in [6, 6.07) is 1.50. The average Bonchev–Trinajstić information content (AvgIpc) is 2.73. The van der Waals surface area contributed by atoms with Crippen LogP contribution in [0.5, 0.6) is 5.75 Å². The molecule has 1 heterocycles. The first kappa shape index (κ1) is 14.8. The molecule has 0 aliphatic rings. The molecule has 0 radical (unpaired) electrons. The lowest BCUT2D eigenvalue weighted by Crippen LogP contribution is -2.40. The van der Waals surface area contributed by atoms with Gasteiger partial charge in [0.05, 0.1) is 13.7 Å². The third kappa shape index (κ3) is 3.88. The molecule has 0 spiro atoms. The monoisotopic (exact) mass is 283 g/mol. The maximum atomic E-state index is 12.3. The first-order valence-electron chi connectivity index (χ1n) is 4.97. The van der Waals surface area contributed by atoms with Gasteiger partial charge >= 0.3 is 6.18 Å². The zero-order valence-corrected chi connectivity index (χ0v) is 10.3. The quantitative estimate of drug-likeness (QED) is 0.895. The molecule has 0 saturated carbocycles. The van der Waals surface area contributed by atoms with Gasteiger partial charge in [-0.25, -0.2) is 0 Å². The Morgan fingerprint density at radius 2 is 2.22 bits per heavy atom. The smallest absolute Gasteiger partial charge is 0.406 e. The standard InChI is InChI=1S/C10H12F3NO3S/c1-17-7-2-5-18-8(7)9(16)14(3-4-15)6-10(11,12)13/h2,5,15H,3-4,6H2,1H3. The van der Waals surface area contributed by atoms with E-state index < -0.39 is 25.2 Å². The van der Waals surface area contributed by atoms with Crippen LogP contribution in [0.1, 0.15) is 9.67 Å². The molecule has 1 rings (SSSR count). The van der Waals surface area contributed by atoms with Gasteiger partial charge in [-0.1, -0.05) is 0 Å². The van der Waals surface area contributed by atoms with E-state index in [4.69, 9.17) is 9.84 Å². The van der Waals surface area contributed by atoms with Crippen LogP contribution in [0, 0.1) is 0 Å². The Bertz CT molecular complexity index is 405. The summed E-state index contributed by atoms with van der Waals surface area (Å²) in [7, 11) is 1.33. The van der Waals surface area contributed by atoms with Gasteiger partial charge in [0.2, 0.25) is 0 Å². The molecule has 1 aromatic heterocycles. The predicted molar refractivity (Wildman–Crippen MR) is 59.9 cm³/mol. The lowest BCUT2D eigenvalue weighted by atomic mass is 10.3. The van der Waals surface area contributed by atoms with Gasteiger partial charge in [0.15, 0.2) is 0 Å². The molecule has 0 bridgehead atoms. The van der Waals surface area contributed by atoms with Gasteiger partial charge in [0.25, 0.3) is 5.91 Å². The lowest BCUT2D eigenvalue weighted by Gasteiger charge is -2.22. The number of thiophene rings is 1. The fourth-order valence-electron chi connectivity index (χ4n) is 1.35. The third-order valence-electron chi connectivity index (χ3n) is 2.07. The number of hydrogen-bond acceptors (Lipinski definition) is 4. The van der Waals surface area contributed by atoms with Crippen LogP contribution in [0.3, 0.4) is 0 Å². The van der Waals surface area contributed by atoms with Crippen molar-refractivity contribution in [2.75, 3.05) is 26.8 Å². The molecule has 0 aliphatic carbocycles. The van der Waals surface area contributed by atoms with Crippen molar-refractivity contribution in [2.45, 2.75) is 6.18 Å². The summed E-state index contributed by atoms with van der Waals surface area (Å²) in [5.41, 5.74) is 0. The Kier molecular flexibility index (Phi) is 4.97. The number of hydrogen-bond donors (Lipinski definition) is 1. The first-order chi connectivity index (χ1) is 8.39. The summed E-state index contributed by atoms with van der Waals surface area (Å²) in [6.45, 7) is -2.30. The van der Waals surface area contributed by atoms with E-state index in [9.17, 15) is 18.0 Å². The third-order valence-corrected chi connectivity index (χ3v) is 2.95. The normalized spacial score (nSPS) is 11.4. The topological polar surface area (TPSA) is 49.8 Å². The predicted octanol–water partition coefficient (Wildman–Crippen LogP) is 1.75. The molecule has 18 heavy (non-hydrogen) atoms. The molecule has 0 unspecified atom stereocenters. The van der Waals surface area contributed by atoms with Gasteiger partial charge in [0.1, 0.15) is 17.2 Å². The van der Waals surface area contributed by atoms with Gasteiger partial charge in [-0.05, 0) is 11.4 Å². The van der Waals surface area contributed by atoms with E-state index in [0.717, 1.165) is 11.3 Å². The largest absolute Gasteiger partial charge is 0.495 e. The van der Waals surface area contributed by atoms with E-state index in [1.807, 2.05) is 0 Å². The highest BCUT2D eigenvalue weighted by Gasteiger charge is 2.34. The van der Waals surface area contributed by atoms with E-state index in [2.05, 4.69) is 0 Å². The molecule has 1 amide bonds. The number of methoxy groups -OCH3 is 1. The van der Waals surface area contributed by atoms with Crippen molar-refractivity contribution in [3.05, 3.63) is 16.3 Å². The van der Waals surface area contributed by atoms with E-state index >= 15 is 0 Å². The summed E-state index contributed by atoms with van der Waals surface area (Å²) in [5, 5.41) is 10.3. The minimum absolute atomic E-state index is 0.0928. The number of halogens is 3. The van der Waals surface area contributed by atoms with E-state index in [0.29, 0.717) is 4.90 Å². The summed E-state index contributed by atoms with van der Waals surface area (Å²) in [6.07, 6.45) is -4.50. The van der Waals surface area contributed by atoms with E-state index in [1.54, 1.807) is 5.38 Å². The minimum Gasteiger partial charge on any atom is -0.495 e. The summed E-state index contributed by atoms with van der Waals surface area (Å²) in [5.74, 6) is -0.566. The molecular formula is C10H12F3NO3S. The minimum atomic E-state index is -4.50. The molecule has 4 nitrogen and oxygen atoms in total. The molecule has 1 aromatic rings. The maximum Gasteiger partial charge on any atom is 0.406 e. The van der Waals surface area contributed by atoms with Crippen LogP contribution in [0.15, 0.2) is 11.4 Å². The number of carbonyl (C=O) groups excluding carboxylic acids is 1. The number of aliphatic hydroxyl groups is 1. The molecule has 0 aliphatic heterocycles. The van der Waals surface area contributed by atoms with Crippen LogP contribution in [-0.4, -0.2) is 48.9 Å². The first-order valence-corrected chi connectivity index (χ1v) is 5.85. The van der Waals surface area contributed by atoms with Gasteiger partial charge in [-0.3, -0.25) is 4.79 Å². The summed E-state index contributed by atoms with van der Waals surface area (Å²) >= 11 is 0.997. The fraction of sp³-hybridized carbons (Fsp3) is 0.500. The number of aliphatic hydroxyl groups excluding tert-OH is 1. The number of nitrogens with zero attached hydrogens (tertiary/aromatic N) is 1. The molecule has 102 valence electrons. The second-order valence-electron chi connectivity index (χ2n) is 3.38. The molecule has 0 fully saturated rings. The Balaban J connectivity index is 2.89. The number of amides is 1. The van der Waals surface area contributed by atoms with Gasteiger partial charge < -0.3 is 14.7 Å². The highest BCUT2D eigenvalue weighted by Crippen LogP contribution is 2.27. The Hall–Kier alpha value is -1.28. The molecule has 0 saturated heterocycles. The van der Waals surface area contributed by atoms with Crippen molar-refractivity contribution < 1.29 is 27.8 Å². The zero-order chi connectivity index (χ0) is 13.8. The van der Waals surface area contributed by atoms with Crippen molar-refractivity contribution in [1.82, 2.24) is 4.90 Å². The van der Waals surface area contributed by atoms with E-state index in [-0.39, 0.29) is 17.2 Å². The highest BCUT2D eigenvalue weighted by atomic mass is 32.1. The zero-order valence-electron chi connectivity index (χ0n) is 9.53.